The number of aryl methyl sites for hydroxylation is 1. The minimum Gasteiger partial charge on any atom is -0.452 e. The van der Waals surface area contributed by atoms with E-state index >= 15 is 0 Å². The van der Waals surface area contributed by atoms with Gasteiger partial charge in [-0.25, -0.2) is 0 Å². The molecular weight excluding hydrogens is 244 g/mol. The largest absolute Gasteiger partial charge is 0.452 e. The van der Waals surface area contributed by atoms with E-state index in [4.69, 9.17) is 16.0 Å². The van der Waals surface area contributed by atoms with Crippen molar-refractivity contribution in [2.24, 2.45) is 0 Å². The highest BCUT2D eigenvalue weighted by Gasteiger charge is 2.13. The maximum atomic E-state index is 11.7. The van der Waals surface area contributed by atoms with Gasteiger partial charge in [-0.1, -0.05) is 0 Å². The molecule has 1 amide bonds. The first-order valence-corrected chi connectivity index (χ1v) is 5.48. The minimum atomic E-state index is -0.297. The lowest BCUT2D eigenvalue weighted by molar-refractivity contribution is 0.0949. The van der Waals surface area contributed by atoms with Crippen LogP contribution in [0.25, 0.3) is 0 Å². The van der Waals surface area contributed by atoms with Crippen LogP contribution < -0.4 is 5.32 Å². The van der Waals surface area contributed by atoms with E-state index in [1.165, 1.54) is 12.3 Å². The van der Waals surface area contributed by atoms with Crippen LogP contribution in [0, 0.1) is 0 Å². The van der Waals surface area contributed by atoms with Gasteiger partial charge in [-0.05, 0) is 24.6 Å². The summed E-state index contributed by atoms with van der Waals surface area (Å²) in [4.78, 5) is 11.7. The summed E-state index contributed by atoms with van der Waals surface area (Å²) in [7, 11) is 0. The first-order valence-electron chi connectivity index (χ1n) is 5.10. The summed E-state index contributed by atoms with van der Waals surface area (Å²) in [5.74, 6) is 0.398. The first kappa shape index (κ1) is 11.7. The van der Waals surface area contributed by atoms with E-state index in [-0.39, 0.29) is 11.1 Å². The minimum absolute atomic E-state index is 0.0828. The summed E-state index contributed by atoms with van der Waals surface area (Å²) in [6, 6.07) is 1.52. The maximum Gasteiger partial charge on any atom is 0.256 e. The molecule has 0 aliphatic carbocycles. The van der Waals surface area contributed by atoms with Gasteiger partial charge in [0.25, 0.3) is 5.91 Å². The van der Waals surface area contributed by atoms with Crippen molar-refractivity contribution in [3.8, 4) is 0 Å². The number of carbonyl (C=O) groups is 1. The molecule has 0 fully saturated rings. The zero-order chi connectivity index (χ0) is 12.3. The van der Waals surface area contributed by atoms with Crippen molar-refractivity contribution in [1.29, 1.82) is 0 Å². The average molecular weight is 255 g/mol. The number of nitrogens with zero attached hydrogens (tertiary/aromatic N) is 3. The fraction of sp³-hybridized carbons (Fsp3) is 0.300. The second kappa shape index (κ2) is 5.01. The van der Waals surface area contributed by atoms with E-state index in [0.29, 0.717) is 17.9 Å². The Hall–Kier alpha value is -1.82. The molecule has 6 nitrogen and oxygen atoms in total. The molecule has 0 aliphatic rings. The molecule has 0 saturated carbocycles. The monoisotopic (exact) mass is 254 g/mol. The Morgan fingerprint density at radius 2 is 2.47 bits per heavy atom. The van der Waals surface area contributed by atoms with E-state index in [9.17, 15) is 4.79 Å². The molecule has 0 aliphatic heterocycles. The van der Waals surface area contributed by atoms with Crippen molar-refractivity contribution in [2.75, 3.05) is 0 Å². The Bertz CT molecular complexity index is 520. The van der Waals surface area contributed by atoms with Gasteiger partial charge in [-0.15, -0.1) is 10.2 Å². The maximum absolute atomic E-state index is 11.7. The van der Waals surface area contributed by atoms with Crippen LogP contribution in [0.5, 0.6) is 0 Å². The molecular formula is C10H11ClN4O2. The predicted molar refractivity (Wildman–Crippen MR) is 60.6 cm³/mol. The van der Waals surface area contributed by atoms with Crippen molar-refractivity contribution >= 4 is 17.5 Å². The van der Waals surface area contributed by atoms with Crippen LogP contribution in [-0.2, 0) is 13.1 Å². The molecule has 7 heteroatoms. The number of carbonyl (C=O) groups excluding carboxylic acids is 1. The van der Waals surface area contributed by atoms with Gasteiger partial charge in [-0.2, -0.15) is 0 Å². The van der Waals surface area contributed by atoms with Gasteiger partial charge in [0.15, 0.2) is 5.82 Å². The lowest BCUT2D eigenvalue weighted by Gasteiger charge is -2.04. The Morgan fingerprint density at radius 1 is 1.65 bits per heavy atom. The van der Waals surface area contributed by atoms with Crippen LogP contribution >= 0.6 is 11.6 Å². The Kier molecular flexibility index (Phi) is 3.43. The number of aromatic nitrogens is 3. The summed E-state index contributed by atoms with van der Waals surface area (Å²) in [6.07, 6.45) is 2.98. The standard InChI is InChI=1S/C10H11ClN4O2/c1-2-15-6-13-14-8(15)5-12-10(16)7-3-4-17-9(7)11/h3-4,6H,2,5H2,1H3,(H,12,16). The van der Waals surface area contributed by atoms with Crippen LogP contribution in [0.15, 0.2) is 23.1 Å². The average Bonchev–Trinajstić information content (AvgIpc) is 2.94. The number of furan rings is 1. The number of rotatable bonds is 4. The lowest BCUT2D eigenvalue weighted by Crippen LogP contribution is -2.24. The smallest absolute Gasteiger partial charge is 0.256 e. The molecule has 2 aromatic heterocycles. The number of hydrogen-bond acceptors (Lipinski definition) is 4. The normalized spacial score (nSPS) is 10.5. The molecule has 0 unspecified atom stereocenters. The molecule has 2 aromatic rings. The third-order valence-corrected chi connectivity index (χ3v) is 2.60. The fourth-order valence-electron chi connectivity index (χ4n) is 1.39. The molecule has 90 valence electrons. The molecule has 0 spiro atoms. The molecule has 17 heavy (non-hydrogen) atoms. The van der Waals surface area contributed by atoms with E-state index < -0.39 is 0 Å². The van der Waals surface area contributed by atoms with E-state index in [2.05, 4.69) is 15.5 Å². The van der Waals surface area contributed by atoms with Crippen LogP contribution in [-0.4, -0.2) is 20.7 Å². The number of halogens is 1. The third-order valence-electron chi connectivity index (χ3n) is 2.31. The topological polar surface area (TPSA) is 73.0 Å². The zero-order valence-electron chi connectivity index (χ0n) is 9.18. The van der Waals surface area contributed by atoms with Gasteiger partial charge in [-0.3, -0.25) is 4.79 Å². The Labute approximate surface area is 103 Å². The SMILES string of the molecule is CCn1cnnc1CNC(=O)c1ccoc1Cl. The third kappa shape index (κ3) is 2.47. The quantitative estimate of drug-likeness (QED) is 0.897. The highest BCUT2D eigenvalue weighted by molar-refractivity contribution is 6.32. The fourth-order valence-corrected chi connectivity index (χ4v) is 1.59. The van der Waals surface area contributed by atoms with E-state index in [0.717, 1.165) is 6.54 Å². The molecule has 0 atom stereocenters. The summed E-state index contributed by atoms with van der Waals surface area (Å²) < 4.78 is 6.68. The summed E-state index contributed by atoms with van der Waals surface area (Å²) in [5, 5.41) is 10.5. The molecule has 2 rings (SSSR count). The second-order valence-electron chi connectivity index (χ2n) is 3.32. The van der Waals surface area contributed by atoms with Crippen molar-refractivity contribution < 1.29 is 9.21 Å². The lowest BCUT2D eigenvalue weighted by atomic mass is 10.3. The second-order valence-corrected chi connectivity index (χ2v) is 3.67. The van der Waals surface area contributed by atoms with Gasteiger partial charge in [0.2, 0.25) is 5.22 Å². The van der Waals surface area contributed by atoms with Gasteiger partial charge in [0, 0.05) is 6.54 Å². The first-order chi connectivity index (χ1) is 8.22. The van der Waals surface area contributed by atoms with Crippen LogP contribution in [0.3, 0.4) is 0 Å². The van der Waals surface area contributed by atoms with Crippen molar-refractivity contribution in [2.45, 2.75) is 20.0 Å². The summed E-state index contributed by atoms with van der Waals surface area (Å²) in [5.41, 5.74) is 0.314. The van der Waals surface area contributed by atoms with E-state index in [1.807, 2.05) is 11.5 Å². The Morgan fingerprint density at radius 3 is 3.12 bits per heavy atom. The highest BCUT2D eigenvalue weighted by atomic mass is 35.5. The van der Waals surface area contributed by atoms with Gasteiger partial charge in [0.05, 0.1) is 18.4 Å². The van der Waals surface area contributed by atoms with Crippen molar-refractivity contribution in [1.82, 2.24) is 20.1 Å². The Balaban J connectivity index is 1.99. The summed E-state index contributed by atoms with van der Waals surface area (Å²) in [6.45, 7) is 3.03. The number of nitrogens with one attached hydrogen (secondary N) is 1. The number of hydrogen-bond donors (Lipinski definition) is 1. The van der Waals surface area contributed by atoms with Crippen LogP contribution in [0.4, 0.5) is 0 Å². The van der Waals surface area contributed by atoms with Gasteiger partial charge in [0.1, 0.15) is 6.33 Å². The molecule has 0 bridgehead atoms. The van der Waals surface area contributed by atoms with E-state index in [1.54, 1.807) is 6.33 Å². The molecule has 0 saturated heterocycles. The summed E-state index contributed by atoms with van der Waals surface area (Å²) >= 11 is 5.69. The molecule has 1 N–H and O–H groups in total. The van der Waals surface area contributed by atoms with Crippen LogP contribution in [0.1, 0.15) is 23.1 Å². The van der Waals surface area contributed by atoms with Gasteiger partial charge < -0.3 is 14.3 Å². The molecule has 0 aromatic carbocycles. The van der Waals surface area contributed by atoms with Crippen molar-refractivity contribution in [3.05, 3.63) is 35.3 Å². The number of amides is 1. The van der Waals surface area contributed by atoms with Crippen LogP contribution in [0.2, 0.25) is 5.22 Å². The molecule has 2 heterocycles. The zero-order valence-corrected chi connectivity index (χ0v) is 9.94. The molecule has 0 radical (unpaired) electrons. The van der Waals surface area contributed by atoms with Gasteiger partial charge >= 0.3 is 0 Å². The van der Waals surface area contributed by atoms with Crippen molar-refractivity contribution in [3.63, 3.8) is 0 Å². The highest BCUT2D eigenvalue weighted by Crippen LogP contribution is 2.16. The predicted octanol–water partition coefficient (Wildman–Crippen LogP) is 1.47.